The standard InChI is InChI=1S/C14H13ClN2O3/c1-9-2-3-10(6-12(9)15)8-16-13-5-4-11(18)7-14(13)17(19)20/h2-7,16,18H,8H2,1H3. The lowest BCUT2D eigenvalue weighted by atomic mass is 10.1. The predicted octanol–water partition coefficient (Wildman–Crippen LogP) is 3.87. The summed E-state index contributed by atoms with van der Waals surface area (Å²) in [5.41, 5.74) is 2.08. The van der Waals surface area contributed by atoms with E-state index in [-0.39, 0.29) is 11.4 Å². The van der Waals surface area contributed by atoms with E-state index in [1.165, 1.54) is 12.1 Å². The predicted molar refractivity (Wildman–Crippen MR) is 78.3 cm³/mol. The molecule has 0 aliphatic heterocycles. The molecule has 2 rings (SSSR count). The number of nitrogens with one attached hydrogen (secondary N) is 1. The van der Waals surface area contributed by atoms with Crippen molar-refractivity contribution < 1.29 is 10.0 Å². The van der Waals surface area contributed by atoms with Crippen LogP contribution in [0.3, 0.4) is 0 Å². The molecule has 0 atom stereocenters. The van der Waals surface area contributed by atoms with Gasteiger partial charge in [0.1, 0.15) is 11.4 Å². The lowest BCUT2D eigenvalue weighted by Crippen LogP contribution is -2.02. The molecule has 2 aromatic carbocycles. The number of halogens is 1. The van der Waals surface area contributed by atoms with Crippen molar-refractivity contribution in [3.05, 3.63) is 62.7 Å². The molecule has 0 aliphatic rings. The van der Waals surface area contributed by atoms with E-state index in [1.807, 2.05) is 25.1 Å². The quantitative estimate of drug-likeness (QED) is 0.509. The first-order chi connectivity index (χ1) is 9.47. The molecule has 0 fully saturated rings. The van der Waals surface area contributed by atoms with E-state index >= 15 is 0 Å². The second-order valence-corrected chi connectivity index (χ2v) is 4.80. The Morgan fingerprint density at radius 3 is 2.70 bits per heavy atom. The Bertz CT molecular complexity index is 659. The fourth-order valence-electron chi connectivity index (χ4n) is 1.76. The molecular formula is C14H13ClN2O3. The van der Waals surface area contributed by atoms with Gasteiger partial charge in [-0.15, -0.1) is 0 Å². The molecule has 5 nitrogen and oxygen atoms in total. The Balaban J connectivity index is 2.18. The van der Waals surface area contributed by atoms with Gasteiger partial charge in [0, 0.05) is 11.6 Å². The van der Waals surface area contributed by atoms with Crippen LogP contribution in [0.25, 0.3) is 0 Å². The van der Waals surface area contributed by atoms with Crippen molar-refractivity contribution in [2.75, 3.05) is 5.32 Å². The summed E-state index contributed by atoms with van der Waals surface area (Å²) in [6.45, 7) is 2.32. The topological polar surface area (TPSA) is 75.4 Å². The van der Waals surface area contributed by atoms with E-state index in [1.54, 1.807) is 0 Å². The lowest BCUT2D eigenvalue weighted by molar-refractivity contribution is -0.384. The van der Waals surface area contributed by atoms with Gasteiger partial charge in [0.25, 0.3) is 5.69 Å². The zero-order valence-corrected chi connectivity index (χ0v) is 11.5. The van der Waals surface area contributed by atoms with Crippen molar-refractivity contribution in [2.45, 2.75) is 13.5 Å². The molecule has 0 aliphatic carbocycles. The number of aryl methyl sites for hydroxylation is 1. The summed E-state index contributed by atoms with van der Waals surface area (Å²) in [6.07, 6.45) is 0. The van der Waals surface area contributed by atoms with Gasteiger partial charge in [-0.2, -0.15) is 0 Å². The van der Waals surface area contributed by atoms with Crippen molar-refractivity contribution in [1.82, 2.24) is 0 Å². The van der Waals surface area contributed by atoms with Crippen LogP contribution in [-0.2, 0) is 6.54 Å². The fraction of sp³-hybridized carbons (Fsp3) is 0.143. The summed E-state index contributed by atoms with van der Waals surface area (Å²) in [4.78, 5) is 10.4. The number of hydrogen-bond donors (Lipinski definition) is 2. The molecule has 0 saturated heterocycles. The summed E-state index contributed by atoms with van der Waals surface area (Å²) in [6, 6.07) is 9.60. The van der Waals surface area contributed by atoms with Crippen molar-refractivity contribution in [2.24, 2.45) is 0 Å². The highest BCUT2D eigenvalue weighted by atomic mass is 35.5. The third-order valence-corrected chi connectivity index (χ3v) is 3.30. The van der Waals surface area contributed by atoms with Gasteiger partial charge in [-0.05, 0) is 36.2 Å². The molecule has 0 aromatic heterocycles. The van der Waals surface area contributed by atoms with Gasteiger partial charge in [-0.3, -0.25) is 10.1 Å². The molecule has 0 unspecified atom stereocenters. The first kappa shape index (κ1) is 14.1. The van der Waals surface area contributed by atoms with E-state index in [2.05, 4.69) is 5.32 Å². The maximum atomic E-state index is 10.9. The van der Waals surface area contributed by atoms with Crippen molar-refractivity contribution >= 4 is 23.0 Å². The fourth-order valence-corrected chi connectivity index (χ4v) is 1.97. The van der Waals surface area contributed by atoms with Crippen LogP contribution in [0.1, 0.15) is 11.1 Å². The number of hydrogen-bond acceptors (Lipinski definition) is 4. The van der Waals surface area contributed by atoms with Crippen LogP contribution in [0.2, 0.25) is 5.02 Å². The molecule has 2 N–H and O–H groups in total. The van der Waals surface area contributed by atoms with E-state index in [0.29, 0.717) is 17.3 Å². The normalized spacial score (nSPS) is 10.3. The molecule has 0 spiro atoms. The second kappa shape index (κ2) is 5.79. The Morgan fingerprint density at radius 2 is 2.05 bits per heavy atom. The molecule has 6 heteroatoms. The van der Waals surface area contributed by atoms with Gasteiger partial charge >= 0.3 is 0 Å². The van der Waals surface area contributed by atoms with E-state index < -0.39 is 4.92 Å². The van der Waals surface area contributed by atoms with Crippen LogP contribution >= 0.6 is 11.6 Å². The maximum absolute atomic E-state index is 10.9. The monoisotopic (exact) mass is 292 g/mol. The van der Waals surface area contributed by atoms with Gasteiger partial charge in [0.05, 0.1) is 11.0 Å². The molecule has 0 amide bonds. The summed E-state index contributed by atoms with van der Waals surface area (Å²) in [7, 11) is 0. The van der Waals surface area contributed by atoms with Crippen LogP contribution in [-0.4, -0.2) is 10.0 Å². The van der Waals surface area contributed by atoms with Crippen molar-refractivity contribution in [3.8, 4) is 5.75 Å². The largest absolute Gasteiger partial charge is 0.508 e. The van der Waals surface area contributed by atoms with Crippen molar-refractivity contribution in [1.29, 1.82) is 0 Å². The molecule has 0 saturated carbocycles. The number of aromatic hydroxyl groups is 1. The van der Waals surface area contributed by atoms with Crippen LogP contribution in [0, 0.1) is 17.0 Å². The maximum Gasteiger partial charge on any atom is 0.296 e. The summed E-state index contributed by atoms with van der Waals surface area (Å²) >= 11 is 6.03. The second-order valence-electron chi connectivity index (χ2n) is 4.40. The Kier molecular flexibility index (Phi) is 4.10. The van der Waals surface area contributed by atoms with E-state index in [4.69, 9.17) is 11.6 Å². The average Bonchev–Trinajstić information content (AvgIpc) is 2.41. The highest BCUT2D eigenvalue weighted by Gasteiger charge is 2.14. The van der Waals surface area contributed by atoms with Crippen LogP contribution in [0.5, 0.6) is 5.75 Å². The van der Waals surface area contributed by atoms with E-state index in [0.717, 1.165) is 17.2 Å². The van der Waals surface area contributed by atoms with Gasteiger partial charge in [0.15, 0.2) is 0 Å². The zero-order valence-electron chi connectivity index (χ0n) is 10.8. The minimum atomic E-state index is -0.538. The zero-order chi connectivity index (χ0) is 14.7. The van der Waals surface area contributed by atoms with Crippen molar-refractivity contribution in [3.63, 3.8) is 0 Å². The minimum absolute atomic E-state index is 0.138. The SMILES string of the molecule is Cc1ccc(CNc2ccc(O)cc2[N+](=O)[O-])cc1Cl. The van der Waals surface area contributed by atoms with Gasteiger partial charge in [0.2, 0.25) is 0 Å². The Labute approximate surface area is 121 Å². The summed E-state index contributed by atoms with van der Waals surface area (Å²) in [5.74, 6) is -0.138. The van der Waals surface area contributed by atoms with Crippen LogP contribution in [0.15, 0.2) is 36.4 Å². The van der Waals surface area contributed by atoms with Crippen LogP contribution in [0.4, 0.5) is 11.4 Å². The van der Waals surface area contributed by atoms with Crippen LogP contribution < -0.4 is 5.32 Å². The molecular weight excluding hydrogens is 280 g/mol. The third kappa shape index (κ3) is 3.19. The lowest BCUT2D eigenvalue weighted by Gasteiger charge is -2.08. The third-order valence-electron chi connectivity index (χ3n) is 2.90. The molecule has 0 bridgehead atoms. The molecule has 104 valence electrons. The van der Waals surface area contributed by atoms with Gasteiger partial charge in [-0.25, -0.2) is 0 Å². The highest BCUT2D eigenvalue weighted by Crippen LogP contribution is 2.29. The number of anilines is 1. The molecule has 20 heavy (non-hydrogen) atoms. The summed E-state index contributed by atoms with van der Waals surface area (Å²) < 4.78 is 0. The van der Waals surface area contributed by atoms with E-state index in [9.17, 15) is 15.2 Å². The first-order valence-electron chi connectivity index (χ1n) is 5.93. The number of nitrogens with zero attached hydrogens (tertiary/aromatic N) is 1. The Morgan fingerprint density at radius 1 is 1.30 bits per heavy atom. The number of benzene rings is 2. The average molecular weight is 293 g/mol. The molecule has 0 heterocycles. The number of nitro benzene ring substituents is 1. The summed E-state index contributed by atoms with van der Waals surface area (Å²) in [5, 5.41) is 23.8. The van der Waals surface area contributed by atoms with Gasteiger partial charge < -0.3 is 10.4 Å². The number of phenols is 1. The smallest absolute Gasteiger partial charge is 0.296 e. The molecule has 2 aromatic rings. The first-order valence-corrected chi connectivity index (χ1v) is 6.31. The van der Waals surface area contributed by atoms with Gasteiger partial charge in [-0.1, -0.05) is 23.7 Å². The molecule has 0 radical (unpaired) electrons. The number of rotatable bonds is 4. The number of nitro groups is 1. The highest BCUT2D eigenvalue weighted by molar-refractivity contribution is 6.31. The minimum Gasteiger partial charge on any atom is -0.508 e. The number of phenolic OH excluding ortho intramolecular Hbond substituents is 1. The Hall–Kier alpha value is -2.27.